The highest BCUT2D eigenvalue weighted by atomic mass is 19.1. The summed E-state index contributed by atoms with van der Waals surface area (Å²) in [6.07, 6.45) is 2.13. The maximum absolute atomic E-state index is 14.5. The molecule has 0 saturated carbocycles. The van der Waals surface area contributed by atoms with E-state index in [0.717, 1.165) is 24.2 Å². The number of pyridine rings is 1. The summed E-state index contributed by atoms with van der Waals surface area (Å²) >= 11 is 0. The van der Waals surface area contributed by atoms with Gasteiger partial charge in [0.2, 0.25) is 11.8 Å². The van der Waals surface area contributed by atoms with Crippen LogP contribution in [-0.2, 0) is 22.7 Å². The number of benzene rings is 1. The molecular weight excluding hydrogens is 427 g/mol. The fraction of sp³-hybridized carbons (Fsp3) is 0.391. The zero-order valence-electron chi connectivity index (χ0n) is 18.1. The largest absolute Gasteiger partial charge is 0.383 e. The van der Waals surface area contributed by atoms with Crippen LogP contribution in [0.25, 0.3) is 0 Å². The van der Waals surface area contributed by atoms with Crippen molar-refractivity contribution in [2.24, 2.45) is 0 Å². The highest BCUT2D eigenvalue weighted by molar-refractivity contribution is 6.06. The minimum absolute atomic E-state index is 0.182. The number of halogens is 1. The number of nitrogens with one attached hydrogen (secondary N) is 1. The summed E-state index contributed by atoms with van der Waals surface area (Å²) in [5, 5.41) is 2.30. The van der Waals surface area contributed by atoms with E-state index in [4.69, 9.17) is 5.73 Å². The normalized spacial score (nSPS) is 21.4. The smallest absolute Gasteiger partial charge is 0.255 e. The van der Waals surface area contributed by atoms with Crippen molar-refractivity contribution in [2.45, 2.75) is 32.0 Å². The van der Waals surface area contributed by atoms with E-state index in [1.165, 1.54) is 17.0 Å². The first-order valence-electron chi connectivity index (χ1n) is 11.0. The number of fused-ring (bicyclic) bond motifs is 1. The number of carbonyl (C=O) groups excluding carboxylic acids is 3. The SMILES string of the molecule is Nc1ncccc1CN1CCN(c2cc(F)cc3c2CN(C2CCC(=O)NC2=O)C3=O)CC1. The Bertz CT molecular complexity index is 1130. The lowest BCUT2D eigenvalue weighted by atomic mass is 10.0. The van der Waals surface area contributed by atoms with Crippen LogP contribution in [0.3, 0.4) is 0 Å². The minimum atomic E-state index is -0.722. The van der Waals surface area contributed by atoms with Crippen molar-refractivity contribution in [1.82, 2.24) is 20.1 Å². The van der Waals surface area contributed by atoms with Crippen LogP contribution in [0.4, 0.5) is 15.9 Å². The Balaban J connectivity index is 1.32. The van der Waals surface area contributed by atoms with Crippen molar-refractivity contribution in [3.63, 3.8) is 0 Å². The van der Waals surface area contributed by atoms with Crippen molar-refractivity contribution < 1.29 is 18.8 Å². The molecule has 1 unspecified atom stereocenters. The molecule has 3 aliphatic heterocycles. The molecule has 3 N–H and O–H groups in total. The molecule has 2 fully saturated rings. The highest BCUT2D eigenvalue weighted by Gasteiger charge is 2.41. The average Bonchev–Trinajstić information content (AvgIpc) is 3.11. The van der Waals surface area contributed by atoms with Gasteiger partial charge in [0.25, 0.3) is 5.91 Å². The zero-order chi connectivity index (χ0) is 23.1. The van der Waals surface area contributed by atoms with Crippen LogP contribution >= 0.6 is 0 Å². The van der Waals surface area contributed by atoms with E-state index in [1.54, 1.807) is 6.20 Å². The van der Waals surface area contributed by atoms with Gasteiger partial charge in [-0.15, -0.1) is 0 Å². The zero-order valence-corrected chi connectivity index (χ0v) is 18.1. The molecule has 33 heavy (non-hydrogen) atoms. The number of nitrogens with two attached hydrogens (primary N) is 1. The Hall–Kier alpha value is -3.53. The summed E-state index contributed by atoms with van der Waals surface area (Å²) in [6, 6.07) is 5.82. The second-order valence-corrected chi connectivity index (χ2v) is 8.66. The Morgan fingerprint density at radius 2 is 1.94 bits per heavy atom. The molecule has 5 rings (SSSR count). The van der Waals surface area contributed by atoms with Gasteiger partial charge in [-0.05, 0) is 24.6 Å². The number of amides is 3. The van der Waals surface area contributed by atoms with Crippen LogP contribution in [0.5, 0.6) is 0 Å². The summed E-state index contributed by atoms with van der Waals surface area (Å²) in [5.74, 6) is -1.13. The maximum Gasteiger partial charge on any atom is 0.255 e. The third-order valence-electron chi connectivity index (χ3n) is 6.63. The number of piperidine rings is 1. The van der Waals surface area contributed by atoms with E-state index in [0.29, 0.717) is 36.7 Å². The van der Waals surface area contributed by atoms with E-state index in [2.05, 4.69) is 20.1 Å². The lowest BCUT2D eigenvalue weighted by Gasteiger charge is -2.37. The summed E-state index contributed by atoms with van der Waals surface area (Å²) in [5.41, 5.74) is 8.65. The first-order chi connectivity index (χ1) is 15.9. The molecule has 1 aromatic carbocycles. The third kappa shape index (κ3) is 4.02. The summed E-state index contributed by atoms with van der Waals surface area (Å²) in [4.78, 5) is 46.8. The molecule has 0 aliphatic carbocycles. The molecular formula is C23H25FN6O3. The Morgan fingerprint density at radius 1 is 1.15 bits per heavy atom. The number of aromatic nitrogens is 1. The van der Waals surface area contributed by atoms with E-state index in [-0.39, 0.29) is 31.2 Å². The number of imide groups is 1. The molecule has 2 aromatic rings. The van der Waals surface area contributed by atoms with Crippen LogP contribution in [-0.4, -0.2) is 64.7 Å². The number of hydrogen-bond donors (Lipinski definition) is 2. The Labute approximate surface area is 190 Å². The van der Waals surface area contributed by atoms with Gasteiger partial charge in [0.15, 0.2) is 0 Å². The minimum Gasteiger partial charge on any atom is -0.383 e. The molecule has 172 valence electrons. The lowest BCUT2D eigenvalue weighted by Crippen LogP contribution is -2.52. The molecule has 10 heteroatoms. The fourth-order valence-corrected chi connectivity index (χ4v) is 4.86. The Morgan fingerprint density at radius 3 is 2.67 bits per heavy atom. The van der Waals surface area contributed by atoms with Crippen molar-refractivity contribution in [3.8, 4) is 0 Å². The molecule has 9 nitrogen and oxygen atoms in total. The lowest BCUT2D eigenvalue weighted by molar-refractivity contribution is -0.136. The molecule has 3 amide bonds. The van der Waals surface area contributed by atoms with Gasteiger partial charge in [0.05, 0.1) is 0 Å². The van der Waals surface area contributed by atoms with Gasteiger partial charge >= 0.3 is 0 Å². The standard InChI is InChI=1S/C23H25FN6O3/c24-15-10-16-17(13-30(23(16)33)18-3-4-20(31)27-22(18)32)19(11-15)29-8-6-28(7-9-29)12-14-2-1-5-26-21(14)25/h1-2,5,10-11,18H,3-4,6-9,12-13H2,(H2,25,26)(H,27,31,32). The molecule has 3 aliphatic rings. The number of anilines is 2. The second-order valence-electron chi connectivity index (χ2n) is 8.66. The van der Waals surface area contributed by atoms with Crippen LogP contribution in [0.1, 0.15) is 34.3 Å². The number of nitrogens with zero attached hydrogens (tertiary/aromatic N) is 4. The van der Waals surface area contributed by atoms with Crippen LogP contribution < -0.4 is 16.0 Å². The van der Waals surface area contributed by atoms with Crippen LogP contribution in [0, 0.1) is 5.82 Å². The quantitative estimate of drug-likeness (QED) is 0.663. The number of nitrogen functional groups attached to an aromatic ring is 1. The number of carbonyl (C=O) groups is 3. The molecule has 0 bridgehead atoms. The van der Waals surface area contributed by atoms with Crippen molar-refractivity contribution in [2.75, 3.05) is 36.8 Å². The van der Waals surface area contributed by atoms with Gasteiger partial charge in [0, 0.05) is 74.3 Å². The van der Waals surface area contributed by atoms with E-state index in [1.807, 2.05) is 12.1 Å². The van der Waals surface area contributed by atoms with Crippen molar-refractivity contribution in [1.29, 1.82) is 0 Å². The van der Waals surface area contributed by atoms with E-state index < -0.39 is 17.8 Å². The summed E-state index contributed by atoms with van der Waals surface area (Å²) in [6.45, 7) is 3.76. The Kier molecular flexibility index (Phi) is 5.45. The average molecular weight is 452 g/mol. The first-order valence-corrected chi connectivity index (χ1v) is 11.0. The summed E-state index contributed by atoms with van der Waals surface area (Å²) in [7, 11) is 0. The second kappa shape index (κ2) is 8.43. The topological polar surface area (TPSA) is 112 Å². The van der Waals surface area contributed by atoms with Crippen LogP contribution in [0.2, 0.25) is 0 Å². The van der Waals surface area contributed by atoms with Gasteiger partial charge in [-0.3, -0.25) is 24.6 Å². The summed E-state index contributed by atoms with van der Waals surface area (Å²) < 4.78 is 14.5. The molecule has 2 saturated heterocycles. The first kappa shape index (κ1) is 21.3. The molecule has 1 aromatic heterocycles. The van der Waals surface area contributed by atoms with E-state index in [9.17, 15) is 18.8 Å². The van der Waals surface area contributed by atoms with E-state index >= 15 is 0 Å². The predicted octanol–water partition coefficient (Wildman–Crippen LogP) is 0.886. The predicted molar refractivity (Wildman–Crippen MR) is 119 cm³/mol. The monoisotopic (exact) mass is 452 g/mol. The van der Waals surface area contributed by atoms with Gasteiger partial charge in [0.1, 0.15) is 17.7 Å². The van der Waals surface area contributed by atoms with Gasteiger partial charge in [-0.1, -0.05) is 6.07 Å². The molecule has 1 atom stereocenters. The maximum atomic E-state index is 14.5. The number of piperazine rings is 1. The number of rotatable bonds is 4. The van der Waals surface area contributed by atoms with Gasteiger partial charge < -0.3 is 15.5 Å². The van der Waals surface area contributed by atoms with Crippen LogP contribution in [0.15, 0.2) is 30.5 Å². The fourth-order valence-electron chi connectivity index (χ4n) is 4.86. The van der Waals surface area contributed by atoms with Crippen molar-refractivity contribution in [3.05, 3.63) is 53.0 Å². The molecule has 4 heterocycles. The van der Waals surface area contributed by atoms with Crippen molar-refractivity contribution >= 4 is 29.2 Å². The third-order valence-corrected chi connectivity index (χ3v) is 6.63. The van der Waals surface area contributed by atoms with Gasteiger partial charge in [-0.25, -0.2) is 9.37 Å². The molecule has 0 radical (unpaired) electrons. The van der Waals surface area contributed by atoms with Gasteiger partial charge in [-0.2, -0.15) is 0 Å². The number of hydrogen-bond acceptors (Lipinski definition) is 7. The highest BCUT2D eigenvalue weighted by Crippen LogP contribution is 2.35. The molecule has 0 spiro atoms.